The Morgan fingerprint density at radius 3 is 2.78 bits per heavy atom. The lowest BCUT2D eigenvalue weighted by Gasteiger charge is -2.16. The molecule has 0 saturated heterocycles. The monoisotopic (exact) mass is 368 g/mol. The molecule has 2 aromatic rings. The molecule has 0 radical (unpaired) electrons. The van der Waals surface area contributed by atoms with Crippen molar-refractivity contribution in [2.75, 3.05) is 6.61 Å². The van der Waals surface area contributed by atoms with Gasteiger partial charge in [-0.15, -0.1) is 0 Å². The van der Waals surface area contributed by atoms with Crippen LogP contribution in [0.2, 0.25) is 0 Å². The van der Waals surface area contributed by atoms with Crippen LogP contribution in [0.1, 0.15) is 67.6 Å². The lowest BCUT2D eigenvalue weighted by Crippen LogP contribution is -2.35. The number of aryl methyl sites for hydroxylation is 1. The average molecular weight is 368 g/mol. The van der Waals surface area contributed by atoms with Gasteiger partial charge in [-0.2, -0.15) is 0 Å². The molecule has 1 aliphatic carbocycles. The molecule has 0 aliphatic heterocycles. The fourth-order valence-corrected chi connectivity index (χ4v) is 3.81. The molecule has 1 heterocycles. The molecule has 1 atom stereocenters. The molecule has 27 heavy (non-hydrogen) atoms. The molecule has 1 aromatic heterocycles. The summed E-state index contributed by atoms with van der Waals surface area (Å²) in [5, 5.41) is 3.68. The quantitative estimate of drug-likeness (QED) is 0.619. The standard InChI is InChI=1S/C22H28N2O3/c1-3-9-15(2)23-20(25)14-27-22(26)21-16-10-5-4-6-12-18(16)24-19-13-8-7-11-17(19)21/h7-8,11,13,15H,3-6,9-10,12,14H2,1-2H3,(H,23,25)/t15-/m0/s1. The zero-order valence-electron chi connectivity index (χ0n) is 16.2. The summed E-state index contributed by atoms with van der Waals surface area (Å²) in [6, 6.07) is 7.75. The van der Waals surface area contributed by atoms with Crippen molar-refractivity contribution in [2.45, 2.75) is 64.8 Å². The van der Waals surface area contributed by atoms with Crippen molar-refractivity contribution in [3.63, 3.8) is 0 Å². The predicted octanol–water partition coefficient (Wildman–Crippen LogP) is 3.97. The molecule has 3 rings (SSSR count). The number of pyridine rings is 1. The van der Waals surface area contributed by atoms with Crippen LogP contribution in [0.4, 0.5) is 0 Å². The maximum absolute atomic E-state index is 12.9. The van der Waals surface area contributed by atoms with E-state index in [1.807, 2.05) is 31.2 Å². The second kappa shape index (κ2) is 8.98. The summed E-state index contributed by atoms with van der Waals surface area (Å²) in [6.45, 7) is 3.78. The molecule has 5 nitrogen and oxygen atoms in total. The van der Waals surface area contributed by atoms with Gasteiger partial charge in [0.25, 0.3) is 5.91 Å². The van der Waals surface area contributed by atoms with Gasteiger partial charge in [-0.25, -0.2) is 4.79 Å². The smallest absolute Gasteiger partial charge is 0.339 e. The highest BCUT2D eigenvalue weighted by molar-refractivity contribution is 6.05. The minimum atomic E-state index is -0.426. The molecule has 1 aliphatic rings. The number of rotatable bonds is 6. The molecule has 0 spiro atoms. The summed E-state index contributed by atoms with van der Waals surface area (Å²) in [6.07, 6.45) is 6.89. The van der Waals surface area contributed by atoms with E-state index in [1.165, 1.54) is 0 Å². The predicted molar refractivity (Wildman–Crippen MR) is 106 cm³/mol. The van der Waals surface area contributed by atoms with Gasteiger partial charge in [-0.3, -0.25) is 9.78 Å². The maximum Gasteiger partial charge on any atom is 0.339 e. The number of nitrogens with zero attached hydrogens (tertiary/aromatic N) is 1. The van der Waals surface area contributed by atoms with Gasteiger partial charge < -0.3 is 10.1 Å². The van der Waals surface area contributed by atoms with E-state index in [0.29, 0.717) is 5.56 Å². The number of fused-ring (bicyclic) bond motifs is 2. The van der Waals surface area contributed by atoms with E-state index in [4.69, 9.17) is 9.72 Å². The minimum Gasteiger partial charge on any atom is -0.452 e. The first-order valence-corrected chi connectivity index (χ1v) is 9.97. The van der Waals surface area contributed by atoms with Crippen molar-refractivity contribution in [3.05, 3.63) is 41.1 Å². The van der Waals surface area contributed by atoms with Crippen LogP contribution >= 0.6 is 0 Å². The van der Waals surface area contributed by atoms with E-state index >= 15 is 0 Å². The van der Waals surface area contributed by atoms with E-state index in [-0.39, 0.29) is 18.6 Å². The molecular weight excluding hydrogens is 340 g/mol. The van der Waals surface area contributed by atoms with E-state index in [9.17, 15) is 9.59 Å². The number of esters is 1. The van der Waals surface area contributed by atoms with E-state index in [2.05, 4.69) is 12.2 Å². The normalized spacial score (nSPS) is 14.9. The molecule has 1 aromatic carbocycles. The first-order valence-electron chi connectivity index (χ1n) is 9.97. The summed E-state index contributed by atoms with van der Waals surface area (Å²) < 4.78 is 5.41. The van der Waals surface area contributed by atoms with Crippen molar-refractivity contribution in [1.29, 1.82) is 0 Å². The van der Waals surface area contributed by atoms with Gasteiger partial charge in [-0.1, -0.05) is 38.0 Å². The SMILES string of the molecule is CCC[C@H](C)NC(=O)COC(=O)c1c2c(nc3ccccc13)CCCCC2. The maximum atomic E-state index is 12.9. The highest BCUT2D eigenvalue weighted by Crippen LogP contribution is 2.29. The molecule has 0 saturated carbocycles. The van der Waals surface area contributed by atoms with Gasteiger partial charge in [-0.05, 0) is 50.7 Å². The number of para-hydroxylation sites is 1. The summed E-state index contributed by atoms with van der Waals surface area (Å²) in [7, 11) is 0. The molecule has 1 amide bonds. The first kappa shape index (κ1) is 19.3. The second-order valence-electron chi connectivity index (χ2n) is 7.32. The molecule has 1 N–H and O–H groups in total. The summed E-state index contributed by atoms with van der Waals surface area (Å²) in [4.78, 5) is 29.8. The van der Waals surface area contributed by atoms with Crippen molar-refractivity contribution >= 4 is 22.8 Å². The third-order valence-electron chi connectivity index (χ3n) is 5.09. The third-order valence-corrected chi connectivity index (χ3v) is 5.09. The van der Waals surface area contributed by atoms with Gasteiger partial charge >= 0.3 is 5.97 Å². The number of hydrogen-bond acceptors (Lipinski definition) is 4. The topological polar surface area (TPSA) is 68.3 Å². The van der Waals surface area contributed by atoms with Crippen LogP contribution in [0.5, 0.6) is 0 Å². The number of ether oxygens (including phenoxy) is 1. The van der Waals surface area contributed by atoms with Gasteiger partial charge in [0.2, 0.25) is 0 Å². The van der Waals surface area contributed by atoms with Gasteiger partial charge in [0.05, 0.1) is 11.1 Å². The molecule has 0 unspecified atom stereocenters. The highest BCUT2D eigenvalue weighted by Gasteiger charge is 2.23. The fourth-order valence-electron chi connectivity index (χ4n) is 3.81. The average Bonchev–Trinajstić information content (AvgIpc) is 2.89. The number of carbonyl (C=O) groups is 2. The number of amides is 1. The van der Waals surface area contributed by atoms with Crippen LogP contribution in [0, 0.1) is 0 Å². The Kier molecular flexibility index (Phi) is 6.43. The Morgan fingerprint density at radius 2 is 1.96 bits per heavy atom. The Bertz CT molecular complexity index is 832. The van der Waals surface area contributed by atoms with E-state index in [1.54, 1.807) is 0 Å². The van der Waals surface area contributed by atoms with Crippen molar-refractivity contribution in [3.8, 4) is 0 Å². The van der Waals surface area contributed by atoms with Gasteiger partial charge in [0.1, 0.15) is 0 Å². The zero-order chi connectivity index (χ0) is 19.2. The Hall–Kier alpha value is -2.43. The highest BCUT2D eigenvalue weighted by atomic mass is 16.5. The van der Waals surface area contributed by atoms with Gasteiger partial charge in [0, 0.05) is 17.1 Å². The molecule has 0 bridgehead atoms. The summed E-state index contributed by atoms with van der Waals surface area (Å²) in [5.41, 5.74) is 3.40. The van der Waals surface area contributed by atoms with Crippen LogP contribution in [-0.2, 0) is 22.4 Å². The lowest BCUT2D eigenvalue weighted by atomic mass is 9.97. The number of benzene rings is 1. The summed E-state index contributed by atoms with van der Waals surface area (Å²) >= 11 is 0. The first-order chi connectivity index (χ1) is 13.1. The van der Waals surface area contributed by atoms with Crippen LogP contribution in [-0.4, -0.2) is 29.5 Å². The Labute approximate surface area is 160 Å². The number of carbonyl (C=O) groups excluding carboxylic acids is 2. The molecule has 0 fully saturated rings. The van der Waals surface area contributed by atoms with Crippen LogP contribution in [0.15, 0.2) is 24.3 Å². The van der Waals surface area contributed by atoms with Crippen LogP contribution < -0.4 is 5.32 Å². The fraction of sp³-hybridized carbons (Fsp3) is 0.500. The Balaban J connectivity index is 1.83. The molecule has 144 valence electrons. The lowest BCUT2D eigenvalue weighted by molar-refractivity contribution is -0.124. The summed E-state index contributed by atoms with van der Waals surface area (Å²) in [5.74, 6) is -0.682. The van der Waals surface area contributed by atoms with Crippen molar-refractivity contribution < 1.29 is 14.3 Å². The zero-order valence-corrected chi connectivity index (χ0v) is 16.2. The van der Waals surface area contributed by atoms with Gasteiger partial charge in [0.15, 0.2) is 6.61 Å². The van der Waals surface area contributed by atoms with Crippen molar-refractivity contribution in [2.24, 2.45) is 0 Å². The number of hydrogen-bond donors (Lipinski definition) is 1. The van der Waals surface area contributed by atoms with E-state index in [0.717, 1.165) is 67.1 Å². The second-order valence-corrected chi connectivity index (χ2v) is 7.32. The minimum absolute atomic E-state index is 0.0826. The van der Waals surface area contributed by atoms with E-state index < -0.39 is 5.97 Å². The number of aromatic nitrogens is 1. The van der Waals surface area contributed by atoms with Crippen LogP contribution in [0.25, 0.3) is 10.9 Å². The number of nitrogens with one attached hydrogen (secondary N) is 1. The largest absolute Gasteiger partial charge is 0.452 e. The third kappa shape index (κ3) is 4.65. The Morgan fingerprint density at radius 1 is 1.19 bits per heavy atom. The van der Waals surface area contributed by atoms with Crippen LogP contribution in [0.3, 0.4) is 0 Å². The van der Waals surface area contributed by atoms with Crippen molar-refractivity contribution in [1.82, 2.24) is 10.3 Å². The molecule has 5 heteroatoms. The molecular formula is C22H28N2O3.